The van der Waals surface area contributed by atoms with Crippen molar-refractivity contribution < 1.29 is 14.6 Å². The third kappa shape index (κ3) is 1.68. The fourth-order valence-electron chi connectivity index (χ4n) is 5.05. The summed E-state index contributed by atoms with van der Waals surface area (Å²) in [6.45, 7) is 5.91. The molecule has 3 heteroatoms. The Bertz CT molecular complexity index is 389. The summed E-state index contributed by atoms with van der Waals surface area (Å²) in [6.07, 6.45) is 6.32. The van der Waals surface area contributed by atoms with E-state index < -0.39 is 5.60 Å². The van der Waals surface area contributed by atoms with Crippen molar-refractivity contribution in [2.45, 2.75) is 69.0 Å². The zero-order chi connectivity index (χ0) is 12.5. The molecule has 0 aromatic carbocycles. The van der Waals surface area contributed by atoms with Crippen LogP contribution in [0.25, 0.3) is 0 Å². The Hall–Kier alpha value is -0.380. The lowest BCUT2D eigenvalue weighted by Crippen LogP contribution is -2.60. The maximum atomic E-state index is 10.6. The molecule has 0 radical (unpaired) electrons. The predicted molar refractivity (Wildman–Crippen MR) is 66.9 cm³/mol. The van der Waals surface area contributed by atoms with Crippen molar-refractivity contribution >= 4 is 0 Å². The molecular formula is C15H22O3. The highest BCUT2D eigenvalue weighted by Gasteiger charge is 2.60. The van der Waals surface area contributed by atoms with Gasteiger partial charge in [0.05, 0.1) is 11.2 Å². The number of aliphatic hydroxyl groups is 1. The molecule has 4 atom stereocenters. The predicted octanol–water partition coefficient (Wildman–Crippen LogP) is 2.39. The van der Waals surface area contributed by atoms with Gasteiger partial charge in [-0.25, -0.2) is 0 Å². The van der Waals surface area contributed by atoms with Crippen LogP contribution in [0.15, 0.2) is 12.2 Å². The van der Waals surface area contributed by atoms with Gasteiger partial charge in [-0.2, -0.15) is 0 Å². The summed E-state index contributed by atoms with van der Waals surface area (Å²) < 4.78 is 11.8. The van der Waals surface area contributed by atoms with Crippen LogP contribution in [0.3, 0.4) is 0 Å². The summed E-state index contributed by atoms with van der Waals surface area (Å²) >= 11 is 0. The molecule has 4 bridgehead atoms. The van der Waals surface area contributed by atoms with E-state index in [1.54, 1.807) is 0 Å². The number of epoxide rings is 1. The van der Waals surface area contributed by atoms with E-state index in [9.17, 15) is 5.11 Å². The highest BCUT2D eigenvalue weighted by molar-refractivity contribution is 5.12. The zero-order valence-electron chi connectivity index (χ0n) is 11.0. The van der Waals surface area contributed by atoms with Crippen LogP contribution < -0.4 is 0 Å². The second kappa shape index (κ2) is 3.38. The van der Waals surface area contributed by atoms with Crippen molar-refractivity contribution in [3.63, 3.8) is 0 Å². The Morgan fingerprint density at radius 3 is 2.44 bits per heavy atom. The van der Waals surface area contributed by atoms with Gasteiger partial charge in [-0.3, -0.25) is 0 Å². The van der Waals surface area contributed by atoms with Crippen LogP contribution >= 0.6 is 0 Å². The first kappa shape index (κ1) is 11.4. The van der Waals surface area contributed by atoms with Crippen LogP contribution in [0.4, 0.5) is 0 Å². The fraction of sp³-hybridized carbons (Fsp3) is 0.867. The monoisotopic (exact) mass is 250 g/mol. The summed E-state index contributed by atoms with van der Waals surface area (Å²) in [6, 6.07) is 0. The molecule has 1 aliphatic heterocycles. The number of rotatable bonds is 3. The Balaban J connectivity index is 1.52. The summed E-state index contributed by atoms with van der Waals surface area (Å²) in [4.78, 5) is 0. The maximum Gasteiger partial charge on any atom is 0.189 e. The summed E-state index contributed by atoms with van der Waals surface area (Å²) in [5.74, 6) is 1.33. The maximum absolute atomic E-state index is 10.6. The van der Waals surface area contributed by atoms with E-state index in [2.05, 4.69) is 6.58 Å². The Labute approximate surface area is 108 Å². The average Bonchev–Trinajstić information content (AvgIpc) is 2.91. The molecule has 1 heterocycles. The molecule has 100 valence electrons. The zero-order valence-corrected chi connectivity index (χ0v) is 11.0. The lowest BCUT2D eigenvalue weighted by atomic mass is 9.52. The number of ether oxygens (including phenoxy) is 2. The van der Waals surface area contributed by atoms with E-state index in [1.165, 1.54) is 6.42 Å². The van der Waals surface area contributed by atoms with Crippen LogP contribution in [-0.2, 0) is 9.47 Å². The minimum Gasteiger partial charge on any atom is -0.390 e. The van der Waals surface area contributed by atoms with Crippen LogP contribution in [0.2, 0.25) is 0 Å². The van der Waals surface area contributed by atoms with E-state index >= 15 is 0 Å². The quantitative estimate of drug-likeness (QED) is 0.617. The molecule has 4 saturated carbocycles. The molecule has 4 aliphatic carbocycles. The molecule has 18 heavy (non-hydrogen) atoms. The highest BCUT2D eigenvalue weighted by atomic mass is 16.8. The smallest absolute Gasteiger partial charge is 0.189 e. The second-order valence-electron chi connectivity index (χ2n) is 7.26. The minimum absolute atomic E-state index is 0.0904. The van der Waals surface area contributed by atoms with Crippen molar-refractivity contribution in [3.8, 4) is 0 Å². The van der Waals surface area contributed by atoms with E-state index in [0.717, 1.165) is 37.7 Å². The first-order valence-corrected chi connectivity index (χ1v) is 7.18. The third-order valence-corrected chi connectivity index (χ3v) is 5.28. The number of hydrogen-bond donors (Lipinski definition) is 1. The summed E-state index contributed by atoms with van der Waals surface area (Å²) in [7, 11) is 0. The largest absolute Gasteiger partial charge is 0.390 e. The first-order chi connectivity index (χ1) is 8.47. The van der Waals surface area contributed by atoms with Crippen molar-refractivity contribution in [3.05, 3.63) is 12.2 Å². The molecule has 1 N–H and O–H groups in total. The van der Waals surface area contributed by atoms with Crippen LogP contribution in [0, 0.1) is 11.8 Å². The lowest BCUT2D eigenvalue weighted by Gasteiger charge is -2.59. The highest BCUT2D eigenvalue weighted by Crippen LogP contribution is 2.59. The molecule has 4 unspecified atom stereocenters. The van der Waals surface area contributed by atoms with Gasteiger partial charge in [0.2, 0.25) is 0 Å². The minimum atomic E-state index is -0.447. The molecular weight excluding hydrogens is 228 g/mol. The topological polar surface area (TPSA) is 42.0 Å². The molecule has 0 spiro atoms. The van der Waals surface area contributed by atoms with Crippen molar-refractivity contribution in [2.24, 2.45) is 11.8 Å². The molecule has 5 rings (SSSR count). The summed E-state index contributed by atoms with van der Waals surface area (Å²) in [5, 5.41) is 10.6. The normalized spacial score (nSPS) is 56.8. The molecule has 5 aliphatic rings. The second-order valence-corrected chi connectivity index (χ2v) is 7.26. The Kier molecular flexibility index (Phi) is 2.15. The molecule has 0 amide bonds. The van der Waals surface area contributed by atoms with E-state index in [4.69, 9.17) is 9.47 Å². The van der Waals surface area contributed by atoms with Crippen molar-refractivity contribution in [1.82, 2.24) is 0 Å². The molecule has 3 nitrogen and oxygen atoms in total. The molecule has 1 saturated heterocycles. The molecule has 0 aromatic rings. The van der Waals surface area contributed by atoms with Gasteiger partial charge in [-0.1, -0.05) is 6.58 Å². The van der Waals surface area contributed by atoms with Gasteiger partial charge in [0, 0.05) is 6.42 Å². The van der Waals surface area contributed by atoms with E-state index in [1.807, 2.05) is 6.92 Å². The fourth-order valence-corrected chi connectivity index (χ4v) is 5.05. The third-order valence-electron chi connectivity index (χ3n) is 5.28. The van der Waals surface area contributed by atoms with Gasteiger partial charge >= 0.3 is 0 Å². The van der Waals surface area contributed by atoms with Gasteiger partial charge in [-0.15, -0.1) is 0 Å². The van der Waals surface area contributed by atoms with Crippen LogP contribution in [0.5, 0.6) is 0 Å². The van der Waals surface area contributed by atoms with Crippen LogP contribution in [-0.4, -0.2) is 28.7 Å². The lowest BCUT2D eigenvalue weighted by molar-refractivity contribution is -0.233. The Morgan fingerprint density at radius 1 is 1.28 bits per heavy atom. The van der Waals surface area contributed by atoms with Crippen molar-refractivity contribution in [2.75, 3.05) is 0 Å². The van der Waals surface area contributed by atoms with Gasteiger partial charge in [-0.05, 0) is 56.4 Å². The van der Waals surface area contributed by atoms with Gasteiger partial charge in [0.1, 0.15) is 6.10 Å². The summed E-state index contributed by atoms with van der Waals surface area (Å²) in [5.41, 5.74) is 0.495. The Morgan fingerprint density at radius 2 is 1.94 bits per heavy atom. The molecule has 0 aromatic heterocycles. The van der Waals surface area contributed by atoms with Gasteiger partial charge in [0.25, 0.3) is 0 Å². The van der Waals surface area contributed by atoms with E-state index in [-0.39, 0.29) is 18.0 Å². The van der Waals surface area contributed by atoms with Gasteiger partial charge in [0.15, 0.2) is 6.29 Å². The van der Waals surface area contributed by atoms with Gasteiger partial charge < -0.3 is 14.6 Å². The molecule has 5 fully saturated rings. The first-order valence-electron chi connectivity index (χ1n) is 7.18. The average molecular weight is 250 g/mol. The standard InChI is InChI=1S/C15H22O3/c1-9(2)12-13(17-12)18-15-6-10-3-11(7-15)5-14(16,4-10)8-15/h10-13,16H,1,3-8H2,2H3. The number of hydrogen-bond acceptors (Lipinski definition) is 3. The van der Waals surface area contributed by atoms with E-state index in [0.29, 0.717) is 11.8 Å². The van der Waals surface area contributed by atoms with Crippen molar-refractivity contribution in [1.29, 1.82) is 0 Å². The SMILES string of the molecule is C=C(C)C1OC1OC12CC3CC(CC(O)(C3)C1)C2. The van der Waals surface area contributed by atoms with Crippen LogP contribution in [0.1, 0.15) is 45.4 Å².